The van der Waals surface area contributed by atoms with Gasteiger partial charge in [0.2, 0.25) is 5.89 Å². The number of ether oxygens (including phenoxy) is 1. The fourth-order valence-electron chi connectivity index (χ4n) is 2.62. The smallest absolute Gasteiger partial charge is 0.336 e. The van der Waals surface area contributed by atoms with E-state index in [2.05, 4.69) is 4.98 Å². The molecule has 0 radical (unpaired) electrons. The van der Waals surface area contributed by atoms with Crippen molar-refractivity contribution in [2.45, 2.75) is 19.9 Å². The number of hydrogen-bond acceptors (Lipinski definition) is 5. The molecule has 3 aromatic carbocycles. The van der Waals surface area contributed by atoms with Crippen LogP contribution in [0.3, 0.4) is 0 Å². The third-order valence-electron chi connectivity index (χ3n) is 3.87. The summed E-state index contributed by atoms with van der Waals surface area (Å²) in [6.45, 7) is 3.89. The molecule has 0 bridgehead atoms. The quantitative estimate of drug-likeness (QED) is 0.355. The highest BCUT2D eigenvalue weighted by molar-refractivity contribution is 6.42. The summed E-state index contributed by atoms with van der Waals surface area (Å²) in [5.41, 5.74) is 6.71. The molecule has 0 unspecified atom stereocenters. The number of aromatic carboxylic acids is 1. The highest BCUT2D eigenvalue weighted by atomic mass is 35.5. The van der Waals surface area contributed by atoms with E-state index in [0.29, 0.717) is 44.2 Å². The normalized spacial score (nSPS) is 10.6. The lowest BCUT2D eigenvalue weighted by molar-refractivity contribution is 0.0697. The van der Waals surface area contributed by atoms with Crippen molar-refractivity contribution in [3.05, 3.63) is 76.3 Å². The Balaban J connectivity index is 0.000000628. The topological polar surface area (TPSA) is 98.6 Å². The van der Waals surface area contributed by atoms with Crippen molar-refractivity contribution in [1.29, 1.82) is 0 Å². The van der Waals surface area contributed by atoms with E-state index in [4.69, 9.17) is 38.1 Å². The number of nitrogens with two attached hydrogens (primary N) is 1. The molecule has 6 nitrogen and oxygen atoms in total. The second-order valence-corrected chi connectivity index (χ2v) is 7.74. The van der Waals surface area contributed by atoms with Crippen LogP contribution in [0, 0.1) is 0 Å². The first-order chi connectivity index (χ1) is 14.7. The van der Waals surface area contributed by atoms with Crippen LogP contribution >= 0.6 is 23.2 Å². The van der Waals surface area contributed by atoms with Crippen molar-refractivity contribution in [3.63, 3.8) is 0 Å². The maximum absolute atomic E-state index is 11.4. The van der Waals surface area contributed by atoms with Gasteiger partial charge in [-0.1, -0.05) is 49.2 Å². The number of halogens is 2. The van der Waals surface area contributed by atoms with Crippen LogP contribution in [0.1, 0.15) is 24.2 Å². The lowest BCUT2D eigenvalue weighted by atomic mass is 10.1. The molecule has 0 aliphatic rings. The zero-order chi connectivity index (χ0) is 22.5. The summed E-state index contributed by atoms with van der Waals surface area (Å²) in [6, 6.07) is 17.0. The molecule has 1 heterocycles. The van der Waals surface area contributed by atoms with Gasteiger partial charge < -0.3 is 20.0 Å². The third kappa shape index (κ3) is 5.76. The maximum atomic E-state index is 11.4. The second-order valence-electron chi connectivity index (χ2n) is 6.92. The maximum Gasteiger partial charge on any atom is 0.336 e. The highest BCUT2D eigenvalue weighted by Crippen LogP contribution is 2.32. The molecule has 4 aromatic rings. The Morgan fingerprint density at radius 3 is 2.35 bits per heavy atom. The molecule has 0 aliphatic carbocycles. The number of carboxylic acid groups (broad SMARTS) is 1. The Labute approximate surface area is 189 Å². The third-order valence-corrected chi connectivity index (χ3v) is 4.61. The number of rotatable bonds is 4. The van der Waals surface area contributed by atoms with Crippen LogP contribution in [0.15, 0.2) is 65.1 Å². The zero-order valence-electron chi connectivity index (χ0n) is 16.8. The van der Waals surface area contributed by atoms with Gasteiger partial charge >= 0.3 is 5.97 Å². The van der Waals surface area contributed by atoms with E-state index in [1.807, 2.05) is 13.8 Å². The molecule has 0 aliphatic heterocycles. The van der Waals surface area contributed by atoms with Crippen LogP contribution in [0.5, 0.6) is 11.5 Å². The number of carbonyl (C=O) groups is 1. The van der Waals surface area contributed by atoms with E-state index in [-0.39, 0.29) is 11.5 Å². The molecule has 0 amide bonds. The summed E-state index contributed by atoms with van der Waals surface area (Å²) in [5.74, 6) is 0.237. The lowest BCUT2D eigenvalue weighted by Crippen LogP contribution is -2.06. The van der Waals surface area contributed by atoms with E-state index in [9.17, 15) is 9.90 Å². The summed E-state index contributed by atoms with van der Waals surface area (Å²) in [5, 5.41) is 10.2. The van der Waals surface area contributed by atoms with Crippen LogP contribution < -0.4 is 10.5 Å². The minimum Gasteiger partial charge on any atom is -0.478 e. The van der Waals surface area contributed by atoms with E-state index in [0.717, 1.165) is 0 Å². The lowest BCUT2D eigenvalue weighted by Gasteiger charge is -2.06. The fourth-order valence-corrected chi connectivity index (χ4v) is 2.90. The highest BCUT2D eigenvalue weighted by Gasteiger charge is 2.16. The number of nitrogens with zero attached hydrogens (tertiary/aromatic N) is 1. The average molecular weight is 459 g/mol. The van der Waals surface area contributed by atoms with Crippen LogP contribution in [-0.4, -0.2) is 22.1 Å². The number of benzene rings is 3. The summed E-state index contributed by atoms with van der Waals surface area (Å²) < 4.78 is 11.5. The first-order valence-corrected chi connectivity index (χ1v) is 10.1. The molecule has 0 fully saturated rings. The molecule has 3 N–H and O–H groups in total. The van der Waals surface area contributed by atoms with Crippen molar-refractivity contribution >= 4 is 40.3 Å². The fraction of sp³-hybridized carbons (Fsp3) is 0.130. The molecule has 0 atom stereocenters. The van der Waals surface area contributed by atoms with Gasteiger partial charge in [-0.05, 0) is 42.4 Å². The molecule has 1 aromatic heterocycles. The summed E-state index contributed by atoms with van der Waals surface area (Å²) in [7, 11) is 0. The zero-order valence-corrected chi connectivity index (χ0v) is 18.3. The number of hydrogen-bond donors (Lipinski definition) is 2. The predicted molar refractivity (Wildman–Crippen MR) is 122 cm³/mol. The first-order valence-electron chi connectivity index (χ1n) is 9.36. The Morgan fingerprint density at radius 1 is 1.03 bits per heavy atom. The Kier molecular flexibility index (Phi) is 7.17. The minimum atomic E-state index is -1.04. The average Bonchev–Trinajstić information content (AvgIpc) is 3.13. The van der Waals surface area contributed by atoms with E-state index >= 15 is 0 Å². The summed E-state index contributed by atoms with van der Waals surface area (Å²) in [4.78, 5) is 15.8. The minimum absolute atomic E-state index is 0.122. The van der Waals surface area contributed by atoms with Crippen LogP contribution in [0.2, 0.25) is 10.0 Å². The van der Waals surface area contributed by atoms with Crippen LogP contribution in [0.4, 0.5) is 0 Å². The molecule has 0 spiro atoms. The molecular weight excluding hydrogens is 439 g/mol. The Bertz CT molecular complexity index is 1220. The molecule has 31 heavy (non-hydrogen) atoms. The Morgan fingerprint density at radius 2 is 1.68 bits per heavy atom. The molecule has 0 saturated heterocycles. The molecular formula is C23H20Cl2N2O4. The van der Waals surface area contributed by atoms with Crippen molar-refractivity contribution < 1.29 is 19.1 Å². The van der Waals surface area contributed by atoms with Gasteiger partial charge in [0.25, 0.3) is 0 Å². The largest absolute Gasteiger partial charge is 0.478 e. The van der Waals surface area contributed by atoms with E-state index < -0.39 is 5.97 Å². The monoisotopic (exact) mass is 458 g/mol. The van der Waals surface area contributed by atoms with Gasteiger partial charge in [-0.2, -0.15) is 0 Å². The number of fused-ring (bicyclic) bond motifs is 1. The number of oxazole rings is 1. The van der Waals surface area contributed by atoms with Gasteiger partial charge in [-0.3, -0.25) is 0 Å². The molecule has 8 heteroatoms. The van der Waals surface area contributed by atoms with Gasteiger partial charge in [0.1, 0.15) is 17.0 Å². The summed E-state index contributed by atoms with van der Waals surface area (Å²) >= 11 is 11.9. The second kappa shape index (κ2) is 9.83. The van der Waals surface area contributed by atoms with Crippen LogP contribution in [-0.2, 0) is 0 Å². The van der Waals surface area contributed by atoms with Gasteiger partial charge in [-0.15, -0.1) is 0 Å². The van der Waals surface area contributed by atoms with Crippen molar-refractivity contribution in [2.24, 2.45) is 5.73 Å². The SMILES string of the molecule is CC(C)N.O=C(O)c1ccccc1-c1nc2ccc(Oc3ccc(Cl)c(Cl)c3)cc2o1. The first kappa shape index (κ1) is 22.6. The predicted octanol–water partition coefficient (Wildman–Crippen LogP) is 6.65. The Hall–Kier alpha value is -3.06. The molecule has 4 rings (SSSR count). The molecule has 0 saturated carbocycles. The van der Waals surface area contributed by atoms with Gasteiger partial charge in [0, 0.05) is 12.1 Å². The van der Waals surface area contributed by atoms with Crippen molar-refractivity contribution in [2.75, 3.05) is 0 Å². The van der Waals surface area contributed by atoms with Gasteiger partial charge in [0.15, 0.2) is 5.58 Å². The standard InChI is InChI=1S/C20H11Cl2NO4.C3H9N/c21-15-7-5-11(9-16(15)22)26-12-6-8-17-18(10-12)27-19(23-17)13-3-1-2-4-14(13)20(24)25;1-3(2)4/h1-10H,(H,24,25);3H,4H2,1-2H3. The van der Waals surface area contributed by atoms with Crippen LogP contribution in [0.25, 0.3) is 22.6 Å². The van der Waals surface area contributed by atoms with Gasteiger partial charge in [-0.25, -0.2) is 9.78 Å². The van der Waals surface area contributed by atoms with E-state index in [1.54, 1.807) is 54.6 Å². The van der Waals surface area contributed by atoms with E-state index in [1.165, 1.54) is 6.07 Å². The number of carboxylic acids is 1. The van der Waals surface area contributed by atoms with Gasteiger partial charge in [0.05, 0.1) is 21.2 Å². The number of aromatic nitrogens is 1. The molecule has 160 valence electrons. The summed E-state index contributed by atoms with van der Waals surface area (Å²) in [6.07, 6.45) is 0. The van der Waals surface area contributed by atoms with Crippen molar-refractivity contribution in [1.82, 2.24) is 4.98 Å². The van der Waals surface area contributed by atoms with Crippen molar-refractivity contribution in [3.8, 4) is 23.0 Å².